The second kappa shape index (κ2) is 6.81. The largest absolute Gasteiger partial charge is 0.354 e. The minimum Gasteiger partial charge on any atom is -0.354 e. The molecule has 3 aliphatic rings. The molecule has 0 aromatic heterocycles. The van der Waals surface area contributed by atoms with Crippen molar-refractivity contribution in [2.75, 3.05) is 11.4 Å². The fourth-order valence-electron chi connectivity index (χ4n) is 5.22. The molecule has 3 fully saturated rings. The van der Waals surface area contributed by atoms with Crippen LogP contribution in [0.3, 0.4) is 0 Å². The highest BCUT2D eigenvalue weighted by molar-refractivity contribution is 6.24. The van der Waals surface area contributed by atoms with E-state index in [1.165, 1.54) is 4.90 Å². The highest BCUT2D eigenvalue weighted by atomic mass is 16.2. The van der Waals surface area contributed by atoms with Crippen molar-refractivity contribution >= 4 is 23.4 Å². The Labute approximate surface area is 169 Å². The molecular formula is C23H23N3O3. The van der Waals surface area contributed by atoms with Gasteiger partial charge >= 0.3 is 0 Å². The molecular weight excluding hydrogens is 366 g/mol. The monoisotopic (exact) mass is 389 g/mol. The lowest BCUT2D eigenvalue weighted by atomic mass is 9.76. The zero-order valence-corrected chi connectivity index (χ0v) is 16.0. The molecule has 6 heteroatoms. The van der Waals surface area contributed by atoms with Gasteiger partial charge in [-0.2, -0.15) is 0 Å². The van der Waals surface area contributed by atoms with E-state index in [9.17, 15) is 14.4 Å². The van der Waals surface area contributed by atoms with Gasteiger partial charge in [-0.05, 0) is 37.0 Å². The number of anilines is 1. The van der Waals surface area contributed by atoms with Gasteiger partial charge in [0.1, 0.15) is 5.54 Å². The number of benzene rings is 2. The molecule has 29 heavy (non-hydrogen) atoms. The number of nitrogens with one attached hydrogen (secondary N) is 2. The van der Waals surface area contributed by atoms with E-state index in [1.54, 1.807) is 12.1 Å². The Morgan fingerprint density at radius 3 is 2.28 bits per heavy atom. The summed E-state index contributed by atoms with van der Waals surface area (Å²) in [6, 6.07) is 18.3. The van der Waals surface area contributed by atoms with E-state index in [4.69, 9.17) is 0 Å². The standard InChI is InChI=1S/C23H23N3O3/c27-20-17-18(21(28)26(20)16-11-5-2-6-12-16)23(13-7-8-14-24-22(23)29)25-19(17)15-9-3-1-4-10-15/h1-6,9-12,17-19,25H,7-8,13-14H2,(H,24,29)/t17-,18-,19+,23+/m1/s1. The van der Waals surface area contributed by atoms with Crippen LogP contribution in [0, 0.1) is 11.8 Å². The maximum absolute atomic E-state index is 13.6. The molecule has 2 aromatic rings. The first-order valence-corrected chi connectivity index (χ1v) is 10.2. The minimum absolute atomic E-state index is 0.167. The Bertz CT molecular complexity index is 962. The summed E-state index contributed by atoms with van der Waals surface area (Å²) in [6.07, 6.45) is 2.24. The number of hydrogen-bond acceptors (Lipinski definition) is 4. The minimum atomic E-state index is -1.06. The number of hydrogen-bond donors (Lipinski definition) is 2. The second-order valence-electron chi connectivity index (χ2n) is 8.07. The molecule has 4 atom stereocenters. The molecule has 6 nitrogen and oxygen atoms in total. The van der Waals surface area contributed by atoms with Crippen LogP contribution < -0.4 is 15.5 Å². The molecule has 0 radical (unpaired) electrons. The fourth-order valence-corrected chi connectivity index (χ4v) is 5.22. The van der Waals surface area contributed by atoms with E-state index in [0.717, 1.165) is 18.4 Å². The Hall–Kier alpha value is -2.99. The van der Waals surface area contributed by atoms with Gasteiger partial charge < -0.3 is 5.32 Å². The van der Waals surface area contributed by atoms with Gasteiger partial charge in [-0.15, -0.1) is 0 Å². The number of amides is 3. The van der Waals surface area contributed by atoms with Crippen LogP contribution in [0.1, 0.15) is 30.9 Å². The van der Waals surface area contributed by atoms with Gasteiger partial charge in [-0.1, -0.05) is 48.5 Å². The summed E-state index contributed by atoms with van der Waals surface area (Å²) in [7, 11) is 0. The molecule has 5 rings (SSSR count). The summed E-state index contributed by atoms with van der Waals surface area (Å²) in [6.45, 7) is 0.597. The van der Waals surface area contributed by atoms with Crippen LogP contribution >= 0.6 is 0 Å². The Morgan fingerprint density at radius 2 is 1.55 bits per heavy atom. The molecule has 0 saturated carbocycles. The number of para-hydroxylation sites is 1. The van der Waals surface area contributed by atoms with Crippen molar-refractivity contribution in [1.29, 1.82) is 0 Å². The highest BCUT2D eigenvalue weighted by Gasteiger charge is 2.68. The number of carbonyl (C=O) groups excluding carboxylic acids is 3. The summed E-state index contributed by atoms with van der Waals surface area (Å²) in [5.41, 5.74) is 0.429. The lowest BCUT2D eigenvalue weighted by molar-refractivity contribution is -0.134. The molecule has 3 saturated heterocycles. The van der Waals surface area contributed by atoms with Gasteiger partial charge in [0.15, 0.2) is 0 Å². The quantitative estimate of drug-likeness (QED) is 0.772. The Balaban J connectivity index is 1.64. The van der Waals surface area contributed by atoms with Crippen LogP contribution in [-0.4, -0.2) is 29.8 Å². The Morgan fingerprint density at radius 1 is 0.862 bits per heavy atom. The third-order valence-corrected chi connectivity index (χ3v) is 6.52. The van der Waals surface area contributed by atoms with Crippen molar-refractivity contribution in [2.45, 2.75) is 30.8 Å². The van der Waals surface area contributed by atoms with Crippen molar-refractivity contribution < 1.29 is 14.4 Å². The predicted molar refractivity (Wildman–Crippen MR) is 108 cm³/mol. The topological polar surface area (TPSA) is 78.5 Å². The van der Waals surface area contributed by atoms with Crippen LogP contribution in [0.15, 0.2) is 60.7 Å². The zero-order chi connectivity index (χ0) is 20.0. The van der Waals surface area contributed by atoms with Crippen LogP contribution in [0.5, 0.6) is 0 Å². The van der Waals surface area contributed by atoms with E-state index >= 15 is 0 Å². The number of carbonyl (C=O) groups is 3. The number of rotatable bonds is 2. The van der Waals surface area contributed by atoms with Gasteiger partial charge in [0.2, 0.25) is 17.7 Å². The zero-order valence-electron chi connectivity index (χ0n) is 16.0. The molecule has 148 valence electrons. The predicted octanol–water partition coefficient (Wildman–Crippen LogP) is 2.18. The van der Waals surface area contributed by atoms with Crippen LogP contribution in [-0.2, 0) is 14.4 Å². The molecule has 0 aliphatic carbocycles. The molecule has 3 amide bonds. The summed E-state index contributed by atoms with van der Waals surface area (Å²) < 4.78 is 0. The van der Waals surface area contributed by atoms with E-state index in [2.05, 4.69) is 10.6 Å². The third-order valence-electron chi connectivity index (χ3n) is 6.52. The second-order valence-corrected chi connectivity index (χ2v) is 8.07. The normalized spacial score (nSPS) is 31.7. The molecule has 0 bridgehead atoms. The molecule has 3 aliphatic heterocycles. The fraction of sp³-hybridized carbons (Fsp3) is 0.348. The van der Waals surface area contributed by atoms with Crippen molar-refractivity contribution in [1.82, 2.24) is 10.6 Å². The summed E-state index contributed by atoms with van der Waals surface area (Å²) in [4.78, 5) is 41.6. The van der Waals surface area contributed by atoms with Crippen LogP contribution in [0.2, 0.25) is 0 Å². The average molecular weight is 389 g/mol. The van der Waals surface area contributed by atoms with Gasteiger partial charge in [0.05, 0.1) is 17.5 Å². The third kappa shape index (κ3) is 2.63. The summed E-state index contributed by atoms with van der Waals surface area (Å²) in [5, 5.41) is 6.44. The van der Waals surface area contributed by atoms with E-state index in [0.29, 0.717) is 18.7 Å². The van der Waals surface area contributed by atoms with Crippen LogP contribution in [0.4, 0.5) is 5.69 Å². The highest BCUT2D eigenvalue weighted by Crippen LogP contribution is 2.51. The lowest BCUT2D eigenvalue weighted by Gasteiger charge is -2.32. The van der Waals surface area contributed by atoms with Crippen molar-refractivity contribution in [2.24, 2.45) is 11.8 Å². The molecule has 0 unspecified atom stereocenters. The van der Waals surface area contributed by atoms with Gasteiger partial charge in [-0.25, -0.2) is 4.90 Å². The van der Waals surface area contributed by atoms with Crippen molar-refractivity contribution in [3.8, 4) is 0 Å². The van der Waals surface area contributed by atoms with E-state index < -0.39 is 17.4 Å². The number of imide groups is 1. The first kappa shape index (κ1) is 18.1. The van der Waals surface area contributed by atoms with Crippen molar-refractivity contribution in [3.63, 3.8) is 0 Å². The van der Waals surface area contributed by atoms with Gasteiger partial charge in [0, 0.05) is 12.6 Å². The first-order valence-electron chi connectivity index (χ1n) is 10.2. The maximum atomic E-state index is 13.6. The smallest absolute Gasteiger partial charge is 0.241 e. The van der Waals surface area contributed by atoms with Crippen LogP contribution in [0.25, 0.3) is 0 Å². The molecule has 3 heterocycles. The lowest BCUT2D eigenvalue weighted by Crippen LogP contribution is -2.59. The first-order chi connectivity index (χ1) is 14.1. The average Bonchev–Trinajstić information content (AvgIpc) is 3.15. The Kier molecular flexibility index (Phi) is 4.24. The van der Waals surface area contributed by atoms with E-state index in [1.807, 2.05) is 48.5 Å². The molecule has 1 spiro atoms. The summed E-state index contributed by atoms with van der Waals surface area (Å²) >= 11 is 0. The van der Waals surface area contributed by atoms with E-state index in [-0.39, 0.29) is 23.8 Å². The maximum Gasteiger partial charge on any atom is 0.241 e. The van der Waals surface area contributed by atoms with Gasteiger partial charge in [0.25, 0.3) is 0 Å². The van der Waals surface area contributed by atoms with Crippen molar-refractivity contribution in [3.05, 3.63) is 66.2 Å². The number of fused-ring (bicyclic) bond motifs is 2. The summed E-state index contributed by atoms with van der Waals surface area (Å²) in [5.74, 6) is -2.00. The number of nitrogens with zero attached hydrogens (tertiary/aromatic N) is 1. The molecule has 2 aromatic carbocycles. The SMILES string of the molecule is O=C1[C@H]2[C@H](c3ccccc3)N[C@@]3(CCCCNC3=O)[C@H]2C(=O)N1c1ccccc1. The van der Waals surface area contributed by atoms with Gasteiger partial charge in [-0.3, -0.25) is 19.7 Å². The molecule has 2 N–H and O–H groups in total.